The minimum Gasteiger partial charge on any atom is -0.294 e. The van der Waals surface area contributed by atoms with E-state index in [-0.39, 0.29) is 17.9 Å². The molecule has 0 spiro atoms. The number of Topliss-reactive ketones (excluding diaryl/α,β-unsaturated/α-hetero) is 1. The number of benzene rings is 1. The van der Waals surface area contributed by atoms with Crippen LogP contribution >= 0.6 is 34.5 Å². The maximum Gasteiger partial charge on any atom is 0.269 e. The highest BCUT2D eigenvalue weighted by molar-refractivity contribution is 7.10. The van der Waals surface area contributed by atoms with Crippen molar-refractivity contribution in [2.45, 2.75) is 47.1 Å². The number of carbonyl (C=O) groups excluding carboxylic acids is 1. The van der Waals surface area contributed by atoms with Crippen LogP contribution in [-0.2, 0) is 11.3 Å². The first-order valence-electron chi connectivity index (χ1n) is 9.60. The van der Waals surface area contributed by atoms with Gasteiger partial charge in [0.15, 0.2) is 5.78 Å². The summed E-state index contributed by atoms with van der Waals surface area (Å²) in [5.74, 6) is 0.395. The second-order valence-electron chi connectivity index (χ2n) is 8.41. The molecule has 3 aromatic rings. The van der Waals surface area contributed by atoms with E-state index in [0.717, 1.165) is 17.1 Å². The van der Waals surface area contributed by atoms with E-state index in [9.17, 15) is 9.59 Å². The predicted octanol–water partition coefficient (Wildman–Crippen LogP) is 3.81. The first-order valence-corrected chi connectivity index (χ1v) is 11.6. The fourth-order valence-corrected chi connectivity index (χ4v) is 4.34. The van der Waals surface area contributed by atoms with Gasteiger partial charge >= 0.3 is 0 Å². The third kappa shape index (κ3) is 5.14. The van der Waals surface area contributed by atoms with Gasteiger partial charge in [-0.15, -0.1) is 16.4 Å². The van der Waals surface area contributed by atoms with Crippen molar-refractivity contribution in [1.82, 2.24) is 14.2 Å². The van der Waals surface area contributed by atoms with Crippen molar-refractivity contribution in [3.8, 4) is 0 Å². The van der Waals surface area contributed by atoms with E-state index in [1.54, 1.807) is 10.6 Å². The van der Waals surface area contributed by atoms with E-state index in [0.29, 0.717) is 25.1 Å². The molecule has 0 aliphatic carbocycles. The molecule has 0 saturated heterocycles. The highest BCUT2D eigenvalue weighted by Gasteiger charge is 2.20. The van der Waals surface area contributed by atoms with Gasteiger partial charge in [0.1, 0.15) is 14.7 Å². The fourth-order valence-electron chi connectivity index (χ4n) is 2.69. The van der Waals surface area contributed by atoms with Gasteiger partial charge in [-0.1, -0.05) is 75.0 Å². The van der Waals surface area contributed by atoms with Crippen molar-refractivity contribution in [3.63, 3.8) is 0 Å². The zero-order chi connectivity index (χ0) is 22.1. The maximum atomic E-state index is 13.2. The monoisotopic (exact) mass is 461 g/mol. The number of aromatic nitrogens is 3. The number of thiazole rings is 1. The van der Waals surface area contributed by atoms with Crippen LogP contribution in [0.15, 0.2) is 29.1 Å². The van der Waals surface area contributed by atoms with E-state index < -0.39 is 5.41 Å². The van der Waals surface area contributed by atoms with Crippen molar-refractivity contribution in [3.05, 3.63) is 65.0 Å². The summed E-state index contributed by atoms with van der Waals surface area (Å²) >= 11 is 8.51. The van der Waals surface area contributed by atoms with Gasteiger partial charge in [-0.2, -0.15) is 0 Å². The quantitative estimate of drug-likeness (QED) is 0.579. The minimum absolute atomic E-state index is 0.0483. The first-order chi connectivity index (χ1) is 14.1. The van der Waals surface area contributed by atoms with Gasteiger partial charge in [-0.25, -0.2) is 0 Å². The molecule has 0 atom stereocenters. The Hall–Kier alpha value is -2.09. The molecule has 0 radical (unpaired) electrons. The van der Waals surface area contributed by atoms with Crippen molar-refractivity contribution in [2.75, 3.05) is 0 Å². The SMILES string of the molecule is CC(C)c1ccc(/C=c2\s/c(=C\C(=O)C(C)(C)C)n(Cc3nnsc3Cl)c2=O)cc1. The Bertz CT molecular complexity index is 1230. The summed E-state index contributed by atoms with van der Waals surface area (Å²) < 4.78 is 6.96. The van der Waals surface area contributed by atoms with Gasteiger partial charge in [0.05, 0.1) is 11.1 Å². The van der Waals surface area contributed by atoms with E-state index in [1.165, 1.54) is 16.9 Å². The molecule has 2 aromatic heterocycles. The Kier molecular flexibility index (Phi) is 6.75. The van der Waals surface area contributed by atoms with Gasteiger partial charge in [-0.3, -0.25) is 14.2 Å². The molecule has 3 rings (SSSR count). The van der Waals surface area contributed by atoms with Crippen LogP contribution in [0.5, 0.6) is 0 Å². The summed E-state index contributed by atoms with van der Waals surface area (Å²) in [7, 11) is 0. The van der Waals surface area contributed by atoms with Crippen LogP contribution in [0.4, 0.5) is 0 Å². The Labute approximate surface area is 188 Å². The van der Waals surface area contributed by atoms with Gasteiger partial charge in [0, 0.05) is 23.0 Å². The Morgan fingerprint density at radius 1 is 1.23 bits per heavy atom. The molecule has 0 unspecified atom stereocenters. The lowest BCUT2D eigenvalue weighted by Crippen LogP contribution is -2.33. The smallest absolute Gasteiger partial charge is 0.269 e. The van der Waals surface area contributed by atoms with Gasteiger partial charge in [0.2, 0.25) is 0 Å². The van der Waals surface area contributed by atoms with Crippen LogP contribution in [0.25, 0.3) is 12.2 Å². The molecule has 0 aliphatic rings. The molecule has 0 N–H and O–H groups in total. The fraction of sp³-hybridized carbons (Fsp3) is 0.364. The molecule has 5 nitrogen and oxygen atoms in total. The summed E-state index contributed by atoms with van der Waals surface area (Å²) in [5, 5.41) is 4.01. The van der Waals surface area contributed by atoms with Gasteiger partial charge in [-0.05, 0) is 23.1 Å². The molecular formula is C22H24ClN3O2S2. The molecule has 8 heteroatoms. The second-order valence-corrected chi connectivity index (χ2v) is 10.8. The molecule has 0 bridgehead atoms. The Morgan fingerprint density at radius 2 is 1.90 bits per heavy atom. The lowest BCUT2D eigenvalue weighted by atomic mass is 9.91. The molecule has 0 amide bonds. The molecule has 30 heavy (non-hydrogen) atoms. The lowest BCUT2D eigenvalue weighted by Gasteiger charge is -2.12. The highest BCUT2D eigenvalue weighted by atomic mass is 35.5. The van der Waals surface area contributed by atoms with Crippen LogP contribution in [-0.4, -0.2) is 19.9 Å². The van der Waals surface area contributed by atoms with Crippen LogP contribution < -0.4 is 14.8 Å². The van der Waals surface area contributed by atoms with Crippen molar-refractivity contribution >= 4 is 52.4 Å². The molecule has 0 saturated carbocycles. The maximum absolute atomic E-state index is 13.2. The van der Waals surface area contributed by atoms with Crippen LogP contribution in [0, 0.1) is 5.41 Å². The van der Waals surface area contributed by atoms with E-state index in [1.807, 2.05) is 39.0 Å². The largest absolute Gasteiger partial charge is 0.294 e. The number of halogens is 1. The standard InChI is InChI=1S/C22H24ClN3O2S2/c1-13(2)15-8-6-14(7-9-15)10-17-21(28)26(12-16-20(23)30-25-24-16)19(29-17)11-18(27)22(3,4)5/h6-11,13H,12H2,1-5H3/b17-10-,19-11-. The first kappa shape index (κ1) is 22.6. The average molecular weight is 462 g/mol. The van der Waals surface area contributed by atoms with Crippen molar-refractivity contribution < 1.29 is 4.79 Å². The van der Waals surface area contributed by atoms with E-state index in [2.05, 4.69) is 35.6 Å². The number of nitrogens with zero attached hydrogens (tertiary/aromatic N) is 3. The summed E-state index contributed by atoms with van der Waals surface area (Å²) in [6, 6.07) is 8.15. The van der Waals surface area contributed by atoms with Gasteiger partial charge in [0.25, 0.3) is 5.56 Å². The number of rotatable bonds is 5. The number of carbonyl (C=O) groups is 1. The number of hydrogen-bond donors (Lipinski definition) is 0. The van der Waals surface area contributed by atoms with Crippen LogP contribution in [0.1, 0.15) is 57.4 Å². The average Bonchev–Trinajstić information content (AvgIpc) is 3.20. The predicted molar refractivity (Wildman–Crippen MR) is 125 cm³/mol. The normalized spacial score (nSPS) is 13.4. The molecule has 2 heterocycles. The Balaban J connectivity index is 2.14. The van der Waals surface area contributed by atoms with Crippen molar-refractivity contribution in [1.29, 1.82) is 0 Å². The number of ketones is 1. The zero-order valence-electron chi connectivity index (χ0n) is 17.6. The van der Waals surface area contributed by atoms with Gasteiger partial charge < -0.3 is 0 Å². The topological polar surface area (TPSA) is 64.8 Å². The number of hydrogen-bond acceptors (Lipinski definition) is 6. The van der Waals surface area contributed by atoms with Crippen LogP contribution in [0.3, 0.4) is 0 Å². The molecule has 158 valence electrons. The van der Waals surface area contributed by atoms with Crippen molar-refractivity contribution in [2.24, 2.45) is 5.41 Å². The summed E-state index contributed by atoms with van der Waals surface area (Å²) in [5.41, 5.74) is 1.98. The molecule has 1 aromatic carbocycles. The second kappa shape index (κ2) is 8.96. The summed E-state index contributed by atoms with van der Waals surface area (Å²) in [6.07, 6.45) is 3.40. The highest BCUT2D eigenvalue weighted by Crippen LogP contribution is 2.18. The zero-order valence-corrected chi connectivity index (χ0v) is 20.0. The van der Waals surface area contributed by atoms with E-state index in [4.69, 9.17) is 11.6 Å². The molecule has 0 aliphatic heterocycles. The Morgan fingerprint density at radius 3 is 2.43 bits per heavy atom. The van der Waals surface area contributed by atoms with Crippen LogP contribution in [0.2, 0.25) is 4.34 Å². The molecule has 0 fully saturated rings. The molecular weight excluding hydrogens is 438 g/mol. The summed E-state index contributed by atoms with van der Waals surface area (Å²) in [6.45, 7) is 10.0. The van der Waals surface area contributed by atoms with E-state index >= 15 is 0 Å². The third-order valence-corrected chi connectivity index (χ3v) is 6.69. The third-order valence-electron chi connectivity index (χ3n) is 4.65. The summed E-state index contributed by atoms with van der Waals surface area (Å²) in [4.78, 5) is 25.8. The lowest BCUT2D eigenvalue weighted by molar-refractivity contribution is -0.120. The minimum atomic E-state index is -0.540.